The van der Waals surface area contributed by atoms with Gasteiger partial charge in [0.1, 0.15) is 5.56 Å². The number of amides is 1. The minimum absolute atomic E-state index is 0.0357. The third-order valence-corrected chi connectivity index (χ3v) is 5.23. The van der Waals surface area contributed by atoms with Crippen molar-refractivity contribution in [1.29, 1.82) is 0 Å². The summed E-state index contributed by atoms with van der Waals surface area (Å²) < 4.78 is 1.15. The maximum absolute atomic E-state index is 12.8. The van der Waals surface area contributed by atoms with Gasteiger partial charge in [0, 0.05) is 24.8 Å². The number of hydrogen-bond donors (Lipinski definition) is 3. The van der Waals surface area contributed by atoms with Gasteiger partial charge in [0.05, 0.1) is 17.7 Å². The molecule has 1 aromatic carbocycles. The first-order valence-corrected chi connectivity index (χ1v) is 9.06. The topological polar surface area (TPSA) is 117 Å². The molecule has 0 saturated heterocycles. The van der Waals surface area contributed by atoms with E-state index in [-0.39, 0.29) is 11.5 Å². The third-order valence-electron chi connectivity index (χ3n) is 5.23. The Bertz CT molecular complexity index is 1160. The molecule has 3 aromatic rings. The van der Waals surface area contributed by atoms with Crippen LogP contribution < -0.4 is 16.6 Å². The predicted octanol–water partition coefficient (Wildman–Crippen LogP) is 0.864. The number of carbonyl (C=O) groups excluding carboxylic acids is 1. The zero-order valence-electron chi connectivity index (χ0n) is 15.3. The molecule has 8 nitrogen and oxygen atoms in total. The number of H-pyrrole nitrogens is 1. The molecule has 0 spiro atoms. The molecule has 0 radical (unpaired) electrons. The van der Waals surface area contributed by atoms with Crippen LogP contribution in [0.25, 0.3) is 10.9 Å². The number of aliphatic hydroxyl groups is 1. The number of carbonyl (C=O) groups is 1. The minimum Gasteiger partial charge on any atom is -0.393 e. The molecule has 144 valence electrons. The molecule has 2 aromatic heterocycles. The Labute approximate surface area is 159 Å². The number of benzene rings is 1. The van der Waals surface area contributed by atoms with Crippen LogP contribution in [-0.4, -0.2) is 31.7 Å². The molecule has 1 aliphatic carbocycles. The number of nitrogens with zero attached hydrogens (tertiary/aromatic N) is 2. The van der Waals surface area contributed by atoms with E-state index in [4.69, 9.17) is 0 Å². The zero-order chi connectivity index (χ0) is 19.8. The van der Waals surface area contributed by atoms with E-state index >= 15 is 0 Å². The lowest BCUT2D eigenvalue weighted by Crippen LogP contribution is -2.43. The highest BCUT2D eigenvalue weighted by Gasteiger charge is 2.36. The van der Waals surface area contributed by atoms with Gasteiger partial charge in [-0.2, -0.15) is 0 Å². The standard InChI is InChI=1S/C20H20N4O4/c1-24-10-15(19(27)23-20(24)28)18(26)22-17(12-7-14(25)8-12)13-6-11-4-2-3-5-16(11)21-9-13/h2-6,9-10,12,14,17,25H,7-8H2,1H3,(H,22,26)(H,23,27,28)/t12?,14?,17-/m1/s1. The van der Waals surface area contributed by atoms with Crippen molar-refractivity contribution in [2.24, 2.45) is 13.0 Å². The van der Waals surface area contributed by atoms with E-state index in [1.54, 1.807) is 6.20 Å². The Kier molecular flexibility index (Phi) is 4.56. The van der Waals surface area contributed by atoms with E-state index in [0.717, 1.165) is 21.0 Å². The molecule has 0 bridgehead atoms. The Morgan fingerprint density at radius 3 is 2.82 bits per heavy atom. The van der Waals surface area contributed by atoms with E-state index in [0.29, 0.717) is 12.8 Å². The highest BCUT2D eigenvalue weighted by molar-refractivity contribution is 5.93. The molecule has 4 rings (SSSR count). The molecule has 28 heavy (non-hydrogen) atoms. The summed E-state index contributed by atoms with van der Waals surface area (Å²) in [4.78, 5) is 42.9. The molecule has 1 atom stereocenters. The van der Waals surface area contributed by atoms with Gasteiger partial charge >= 0.3 is 5.69 Å². The zero-order valence-corrected chi connectivity index (χ0v) is 15.3. The van der Waals surface area contributed by atoms with Crippen molar-refractivity contribution in [3.8, 4) is 0 Å². The second kappa shape index (κ2) is 7.05. The Hall–Kier alpha value is -3.26. The molecule has 1 amide bonds. The fourth-order valence-corrected chi connectivity index (χ4v) is 3.58. The summed E-state index contributed by atoms with van der Waals surface area (Å²) >= 11 is 0. The predicted molar refractivity (Wildman–Crippen MR) is 103 cm³/mol. The summed E-state index contributed by atoms with van der Waals surface area (Å²) in [7, 11) is 1.46. The highest BCUT2D eigenvalue weighted by atomic mass is 16.3. The normalized spacial score (nSPS) is 19.8. The van der Waals surface area contributed by atoms with E-state index < -0.39 is 29.3 Å². The van der Waals surface area contributed by atoms with Crippen LogP contribution in [0.2, 0.25) is 0 Å². The molecule has 1 aliphatic rings. The van der Waals surface area contributed by atoms with Gasteiger partial charge in [-0.25, -0.2) is 4.79 Å². The number of pyridine rings is 1. The number of aryl methyl sites for hydroxylation is 1. The molecule has 0 aliphatic heterocycles. The molecule has 2 heterocycles. The summed E-state index contributed by atoms with van der Waals surface area (Å²) in [6.07, 6.45) is 3.66. The van der Waals surface area contributed by atoms with Crippen molar-refractivity contribution in [1.82, 2.24) is 19.9 Å². The van der Waals surface area contributed by atoms with Gasteiger partial charge in [0.2, 0.25) is 0 Å². The van der Waals surface area contributed by atoms with Crippen LogP contribution in [0.1, 0.15) is 34.8 Å². The quantitative estimate of drug-likeness (QED) is 0.621. The van der Waals surface area contributed by atoms with Crippen molar-refractivity contribution in [2.75, 3.05) is 0 Å². The Morgan fingerprint density at radius 1 is 1.32 bits per heavy atom. The van der Waals surface area contributed by atoms with Gasteiger partial charge in [-0.1, -0.05) is 18.2 Å². The average Bonchev–Trinajstić information content (AvgIpc) is 2.66. The first kappa shape index (κ1) is 18.1. The van der Waals surface area contributed by atoms with Gasteiger partial charge in [0.25, 0.3) is 11.5 Å². The Balaban J connectivity index is 1.68. The number of hydrogen-bond acceptors (Lipinski definition) is 5. The number of aromatic nitrogens is 3. The maximum Gasteiger partial charge on any atom is 0.328 e. The largest absolute Gasteiger partial charge is 0.393 e. The van der Waals surface area contributed by atoms with Crippen molar-refractivity contribution < 1.29 is 9.90 Å². The fourth-order valence-electron chi connectivity index (χ4n) is 3.58. The smallest absolute Gasteiger partial charge is 0.328 e. The first-order chi connectivity index (χ1) is 13.4. The van der Waals surface area contributed by atoms with Gasteiger partial charge in [-0.3, -0.25) is 19.6 Å². The lowest BCUT2D eigenvalue weighted by molar-refractivity contribution is 0.0234. The van der Waals surface area contributed by atoms with Crippen LogP contribution in [0.15, 0.2) is 52.3 Å². The van der Waals surface area contributed by atoms with Crippen LogP contribution in [0.4, 0.5) is 0 Å². The second-order valence-corrected chi connectivity index (χ2v) is 7.21. The molecule has 8 heteroatoms. The lowest BCUT2D eigenvalue weighted by Gasteiger charge is -2.38. The third kappa shape index (κ3) is 3.34. The van der Waals surface area contributed by atoms with Crippen molar-refractivity contribution in [2.45, 2.75) is 25.0 Å². The van der Waals surface area contributed by atoms with E-state index in [1.807, 2.05) is 30.3 Å². The summed E-state index contributed by atoms with van der Waals surface area (Å²) in [5.41, 5.74) is 0.203. The van der Waals surface area contributed by atoms with Crippen LogP contribution in [0.5, 0.6) is 0 Å². The van der Waals surface area contributed by atoms with Crippen molar-refractivity contribution in [3.63, 3.8) is 0 Å². The summed E-state index contributed by atoms with van der Waals surface area (Å²) in [5, 5.41) is 13.6. The summed E-state index contributed by atoms with van der Waals surface area (Å²) in [5.74, 6) is -0.537. The van der Waals surface area contributed by atoms with Crippen LogP contribution in [-0.2, 0) is 7.05 Å². The van der Waals surface area contributed by atoms with Gasteiger partial charge in [-0.15, -0.1) is 0 Å². The molecular formula is C20H20N4O4. The lowest BCUT2D eigenvalue weighted by atomic mass is 9.75. The molecule has 0 unspecified atom stereocenters. The second-order valence-electron chi connectivity index (χ2n) is 7.21. The number of rotatable bonds is 4. The molecule has 3 N–H and O–H groups in total. The SMILES string of the molecule is Cn1cc(C(=O)N[C@@H](c2cnc3ccccc3c2)C2CC(O)C2)c(=O)[nH]c1=O. The van der Waals surface area contributed by atoms with Crippen molar-refractivity contribution >= 4 is 16.8 Å². The number of nitrogens with one attached hydrogen (secondary N) is 2. The molecule has 1 saturated carbocycles. The molecule has 1 fully saturated rings. The number of para-hydroxylation sites is 1. The van der Waals surface area contributed by atoms with Crippen LogP contribution in [0.3, 0.4) is 0 Å². The van der Waals surface area contributed by atoms with Crippen LogP contribution in [0, 0.1) is 5.92 Å². The van der Waals surface area contributed by atoms with E-state index in [9.17, 15) is 19.5 Å². The number of aromatic amines is 1. The van der Waals surface area contributed by atoms with Crippen LogP contribution >= 0.6 is 0 Å². The Morgan fingerprint density at radius 2 is 2.07 bits per heavy atom. The van der Waals surface area contributed by atoms with Gasteiger partial charge in [-0.05, 0) is 36.5 Å². The average molecular weight is 380 g/mol. The summed E-state index contributed by atoms with van der Waals surface area (Å²) in [6, 6.07) is 9.23. The molecular weight excluding hydrogens is 360 g/mol. The van der Waals surface area contributed by atoms with Gasteiger partial charge < -0.3 is 15.0 Å². The number of fused-ring (bicyclic) bond motifs is 1. The fraction of sp³-hybridized carbons (Fsp3) is 0.300. The van der Waals surface area contributed by atoms with E-state index in [1.165, 1.54) is 13.2 Å². The number of aliphatic hydroxyl groups excluding tert-OH is 1. The highest BCUT2D eigenvalue weighted by Crippen LogP contribution is 2.38. The first-order valence-electron chi connectivity index (χ1n) is 9.06. The van der Waals surface area contributed by atoms with Crippen molar-refractivity contribution in [3.05, 3.63) is 74.7 Å². The van der Waals surface area contributed by atoms with E-state index in [2.05, 4.69) is 15.3 Å². The maximum atomic E-state index is 12.8. The monoisotopic (exact) mass is 380 g/mol. The minimum atomic E-state index is -0.732. The van der Waals surface area contributed by atoms with Gasteiger partial charge in [0.15, 0.2) is 0 Å². The summed E-state index contributed by atoms with van der Waals surface area (Å²) in [6.45, 7) is 0.